The number of aromatic nitrogens is 2. The van der Waals surface area contributed by atoms with E-state index in [2.05, 4.69) is 10.2 Å². The Bertz CT molecular complexity index is 562. The Hall–Kier alpha value is -1.72. The number of nitrogens with zero attached hydrogens (tertiary/aromatic N) is 2. The summed E-state index contributed by atoms with van der Waals surface area (Å²) in [4.78, 5) is 0. The number of halogens is 2. The maximum Gasteiger partial charge on any atom is 0.233 e. The molecular weight excluding hydrogens is 269 g/mol. The molecule has 0 aliphatic rings. The standard InChI is InChI=1S/C13H13ClFN3O/c1-19-13-5-4-12(17-18-13)11(16)6-8-2-3-9(15)7-10(8)14/h2-5,7,11H,6,16H2,1H3. The second-order valence-corrected chi connectivity index (χ2v) is 4.45. The molecule has 100 valence electrons. The summed E-state index contributed by atoms with van der Waals surface area (Å²) in [6.07, 6.45) is 0.458. The molecule has 0 saturated heterocycles. The Morgan fingerprint density at radius 3 is 2.68 bits per heavy atom. The fraction of sp³-hybridized carbons (Fsp3) is 0.231. The molecule has 4 nitrogen and oxygen atoms in total. The van der Waals surface area contributed by atoms with Gasteiger partial charge in [-0.2, -0.15) is 5.10 Å². The molecule has 1 aromatic carbocycles. The molecule has 2 aromatic rings. The van der Waals surface area contributed by atoms with Crippen LogP contribution in [-0.2, 0) is 6.42 Å². The average Bonchev–Trinajstić information content (AvgIpc) is 2.42. The fourth-order valence-electron chi connectivity index (χ4n) is 1.67. The Kier molecular flexibility index (Phi) is 4.29. The van der Waals surface area contributed by atoms with Crippen molar-refractivity contribution in [2.45, 2.75) is 12.5 Å². The highest BCUT2D eigenvalue weighted by Crippen LogP contribution is 2.22. The molecule has 0 aliphatic carbocycles. The van der Waals surface area contributed by atoms with Gasteiger partial charge in [-0.15, -0.1) is 5.10 Å². The number of ether oxygens (including phenoxy) is 1. The number of nitrogens with two attached hydrogens (primary N) is 1. The minimum atomic E-state index is -0.369. The summed E-state index contributed by atoms with van der Waals surface area (Å²) in [5.74, 6) is 0.0577. The molecule has 0 spiro atoms. The van der Waals surface area contributed by atoms with Crippen molar-refractivity contribution < 1.29 is 9.13 Å². The average molecular weight is 282 g/mol. The van der Waals surface area contributed by atoms with Gasteiger partial charge in [0.1, 0.15) is 5.82 Å². The van der Waals surface area contributed by atoms with E-state index in [1.54, 1.807) is 18.2 Å². The van der Waals surface area contributed by atoms with E-state index >= 15 is 0 Å². The predicted molar refractivity (Wildman–Crippen MR) is 70.6 cm³/mol. The second kappa shape index (κ2) is 5.95. The van der Waals surface area contributed by atoms with Crippen LogP contribution in [0.15, 0.2) is 30.3 Å². The largest absolute Gasteiger partial charge is 0.480 e. The molecule has 0 radical (unpaired) electrons. The highest BCUT2D eigenvalue weighted by molar-refractivity contribution is 6.31. The van der Waals surface area contributed by atoms with E-state index in [4.69, 9.17) is 22.1 Å². The fourth-order valence-corrected chi connectivity index (χ4v) is 1.91. The summed E-state index contributed by atoms with van der Waals surface area (Å²) in [6.45, 7) is 0. The van der Waals surface area contributed by atoms with Gasteiger partial charge in [0.05, 0.1) is 18.8 Å². The summed E-state index contributed by atoms with van der Waals surface area (Å²) in [5.41, 5.74) is 7.43. The molecule has 2 N–H and O–H groups in total. The van der Waals surface area contributed by atoms with Crippen molar-refractivity contribution in [3.8, 4) is 5.88 Å². The lowest BCUT2D eigenvalue weighted by Gasteiger charge is -2.12. The van der Waals surface area contributed by atoms with E-state index in [1.807, 2.05) is 0 Å². The van der Waals surface area contributed by atoms with Gasteiger partial charge in [-0.3, -0.25) is 0 Å². The molecule has 6 heteroatoms. The van der Waals surface area contributed by atoms with E-state index in [9.17, 15) is 4.39 Å². The summed E-state index contributed by atoms with van der Waals surface area (Å²) >= 11 is 5.96. The van der Waals surface area contributed by atoms with Crippen molar-refractivity contribution in [1.29, 1.82) is 0 Å². The molecule has 1 aromatic heterocycles. The van der Waals surface area contributed by atoms with E-state index in [1.165, 1.54) is 19.2 Å². The number of methoxy groups -OCH3 is 1. The van der Waals surface area contributed by atoms with Crippen LogP contribution >= 0.6 is 11.6 Å². The van der Waals surface area contributed by atoms with Gasteiger partial charge in [0.15, 0.2) is 0 Å². The monoisotopic (exact) mass is 281 g/mol. The van der Waals surface area contributed by atoms with Crippen molar-refractivity contribution in [1.82, 2.24) is 10.2 Å². The van der Waals surface area contributed by atoms with Gasteiger partial charge in [0, 0.05) is 11.1 Å². The van der Waals surface area contributed by atoms with Gasteiger partial charge >= 0.3 is 0 Å². The van der Waals surface area contributed by atoms with Crippen LogP contribution in [0.1, 0.15) is 17.3 Å². The van der Waals surface area contributed by atoms with E-state index in [0.717, 1.165) is 5.56 Å². The molecule has 0 fully saturated rings. The lowest BCUT2D eigenvalue weighted by atomic mass is 10.0. The molecule has 0 saturated carbocycles. The molecule has 1 unspecified atom stereocenters. The van der Waals surface area contributed by atoms with Gasteiger partial charge in [0.2, 0.25) is 5.88 Å². The van der Waals surface area contributed by atoms with Crippen molar-refractivity contribution in [3.63, 3.8) is 0 Å². The van der Waals surface area contributed by atoms with Crippen LogP contribution in [-0.4, -0.2) is 17.3 Å². The van der Waals surface area contributed by atoms with Crippen LogP contribution in [0.25, 0.3) is 0 Å². The third kappa shape index (κ3) is 3.39. The second-order valence-electron chi connectivity index (χ2n) is 4.05. The van der Waals surface area contributed by atoms with Gasteiger partial charge < -0.3 is 10.5 Å². The maximum atomic E-state index is 12.9. The normalized spacial score (nSPS) is 12.2. The van der Waals surface area contributed by atoms with E-state index in [-0.39, 0.29) is 11.9 Å². The Morgan fingerprint density at radius 1 is 1.32 bits per heavy atom. The lowest BCUT2D eigenvalue weighted by molar-refractivity contribution is 0.390. The van der Waals surface area contributed by atoms with Crippen LogP contribution in [0.5, 0.6) is 5.88 Å². The van der Waals surface area contributed by atoms with Crippen molar-refractivity contribution >= 4 is 11.6 Å². The number of hydrogen-bond donors (Lipinski definition) is 1. The van der Waals surface area contributed by atoms with Gasteiger partial charge in [-0.1, -0.05) is 17.7 Å². The van der Waals surface area contributed by atoms with E-state index < -0.39 is 0 Å². The molecule has 0 aliphatic heterocycles. The number of benzene rings is 1. The summed E-state index contributed by atoms with van der Waals surface area (Å²) in [5, 5.41) is 8.19. The first kappa shape index (κ1) is 13.7. The minimum Gasteiger partial charge on any atom is -0.480 e. The zero-order valence-electron chi connectivity index (χ0n) is 10.3. The topological polar surface area (TPSA) is 61.0 Å². The smallest absolute Gasteiger partial charge is 0.233 e. The number of rotatable bonds is 4. The molecule has 0 amide bonds. The van der Waals surface area contributed by atoms with Crippen LogP contribution in [0.4, 0.5) is 4.39 Å². The van der Waals surface area contributed by atoms with Crippen molar-refractivity contribution in [2.75, 3.05) is 7.11 Å². The van der Waals surface area contributed by atoms with Crippen LogP contribution < -0.4 is 10.5 Å². The maximum absolute atomic E-state index is 12.9. The summed E-state index contributed by atoms with van der Waals surface area (Å²) < 4.78 is 17.9. The van der Waals surface area contributed by atoms with Gasteiger partial charge in [-0.05, 0) is 30.2 Å². The van der Waals surface area contributed by atoms with Crippen molar-refractivity contribution in [3.05, 3.63) is 52.4 Å². The molecular formula is C13H13ClFN3O. The Labute approximate surface area is 115 Å². The molecule has 2 rings (SSSR count). The van der Waals surface area contributed by atoms with Gasteiger partial charge in [-0.25, -0.2) is 4.39 Å². The molecule has 1 atom stereocenters. The molecule has 1 heterocycles. The summed E-state index contributed by atoms with van der Waals surface area (Å²) in [6, 6.07) is 7.31. The van der Waals surface area contributed by atoms with Crippen LogP contribution in [0.3, 0.4) is 0 Å². The molecule has 19 heavy (non-hydrogen) atoms. The SMILES string of the molecule is COc1ccc(C(N)Cc2ccc(F)cc2Cl)nn1. The van der Waals surface area contributed by atoms with Crippen molar-refractivity contribution in [2.24, 2.45) is 5.73 Å². The zero-order valence-corrected chi connectivity index (χ0v) is 11.1. The highest BCUT2D eigenvalue weighted by Gasteiger charge is 2.12. The first-order valence-electron chi connectivity index (χ1n) is 5.67. The van der Waals surface area contributed by atoms with Crippen LogP contribution in [0.2, 0.25) is 5.02 Å². The minimum absolute atomic E-state index is 0.358. The Morgan fingerprint density at radius 2 is 2.11 bits per heavy atom. The molecule has 0 bridgehead atoms. The van der Waals surface area contributed by atoms with E-state index in [0.29, 0.717) is 23.0 Å². The highest BCUT2D eigenvalue weighted by atomic mass is 35.5. The lowest BCUT2D eigenvalue weighted by Crippen LogP contribution is -2.15. The number of hydrogen-bond acceptors (Lipinski definition) is 4. The summed E-state index contributed by atoms with van der Waals surface area (Å²) in [7, 11) is 1.52. The zero-order chi connectivity index (χ0) is 13.8. The quantitative estimate of drug-likeness (QED) is 0.935. The first-order valence-corrected chi connectivity index (χ1v) is 6.05. The predicted octanol–water partition coefficient (Wildman–Crippen LogP) is 2.52. The third-order valence-corrected chi connectivity index (χ3v) is 3.06. The van der Waals surface area contributed by atoms with Crippen LogP contribution in [0, 0.1) is 5.82 Å². The Balaban J connectivity index is 2.13. The first-order chi connectivity index (χ1) is 9.10. The third-order valence-electron chi connectivity index (χ3n) is 2.70. The van der Waals surface area contributed by atoms with Gasteiger partial charge in [0.25, 0.3) is 0 Å².